The number of benzene rings is 1. The van der Waals surface area contributed by atoms with Gasteiger partial charge in [0, 0.05) is 22.4 Å². The van der Waals surface area contributed by atoms with Gasteiger partial charge in [0.1, 0.15) is 11.5 Å². The lowest BCUT2D eigenvalue weighted by atomic mass is 10.2. The molecule has 0 bridgehead atoms. The highest BCUT2D eigenvalue weighted by atomic mass is 79.9. The quantitative estimate of drug-likeness (QED) is 0.862. The standard InChI is InChI=1S/C15H10BrN3O/c16-12-3-1-2-10(8-12)9-13-15(20)19-14(18-13)11-4-6-17-7-5-11/h1-9H,(H,18,19,20)/b13-9+. The fourth-order valence-corrected chi connectivity index (χ4v) is 2.29. The molecule has 98 valence electrons. The van der Waals surface area contributed by atoms with Crippen molar-refractivity contribution < 1.29 is 4.79 Å². The molecule has 0 atom stereocenters. The highest BCUT2D eigenvalue weighted by molar-refractivity contribution is 9.10. The van der Waals surface area contributed by atoms with Crippen molar-refractivity contribution in [2.75, 3.05) is 0 Å². The summed E-state index contributed by atoms with van der Waals surface area (Å²) in [5, 5.41) is 2.76. The van der Waals surface area contributed by atoms with Gasteiger partial charge in [-0.2, -0.15) is 0 Å². The molecule has 0 aliphatic carbocycles. The molecule has 4 nitrogen and oxygen atoms in total. The Morgan fingerprint density at radius 2 is 1.95 bits per heavy atom. The Labute approximate surface area is 124 Å². The molecule has 0 fully saturated rings. The number of hydrogen-bond donors (Lipinski definition) is 1. The van der Waals surface area contributed by atoms with Gasteiger partial charge in [-0.3, -0.25) is 9.78 Å². The number of nitrogens with zero attached hydrogens (tertiary/aromatic N) is 2. The molecule has 1 aliphatic rings. The summed E-state index contributed by atoms with van der Waals surface area (Å²) in [6.07, 6.45) is 5.09. The van der Waals surface area contributed by atoms with Gasteiger partial charge in [0.05, 0.1) is 0 Å². The van der Waals surface area contributed by atoms with Crippen molar-refractivity contribution in [3.05, 3.63) is 70.1 Å². The Bertz CT molecular complexity index is 723. The molecule has 5 heteroatoms. The smallest absolute Gasteiger partial charge is 0.275 e. The van der Waals surface area contributed by atoms with Crippen LogP contribution in [0.15, 0.2) is 64.0 Å². The van der Waals surface area contributed by atoms with Crippen molar-refractivity contribution in [2.45, 2.75) is 0 Å². The van der Waals surface area contributed by atoms with Crippen LogP contribution in [-0.4, -0.2) is 16.7 Å². The minimum Gasteiger partial charge on any atom is -0.305 e. The molecule has 20 heavy (non-hydrogen) atoms. The van der Waals surface area contributed by atoms with E-state index >= 15 is 0 Å². The van der Waals surface area contributed by atoms with E-state index < -0.39 is 0 Å². The van der Waals surface area contributed by atoms with Gasteiger partial charge in [-0.15, -0.1) is 0 Å². The molecular weight excluding hydrogens is 318 g/mol. The number of rotatable bonds is 2. The predicted molar refractivity (Wildman–Crippen MR) is 81.0 cm³/mol. The van der Waals surface area contributed by atoms with Crippen molar-refractivity contribution in [3.63, 3.8) is 0 Å². The van der Waals surface area contributed by atoms with Crippen LogP contribution in [0.1, 0.15) is 11.1 Å². The van der Waals surface area contributed by atoms with Crippen LogP contribution in [0.5, 0.6) is 0 Å². The number of aromatic nitrogens is 1. The van der Waals surface area contributed by atoms with Crippen molar-refractivity contribution in [2.24, 2.45) is 4.99 Å². The molecule has 1 N–H and O–H groups in total. The van der Waals surface area contributed by atoms with E-state index in [0.717, 1.165) is 15.6 Å². The largest absolute Gasteiger partial charge is 0.305 e. The van der Waals surface area contributed by atoms with Crippen LogP contribution in [0, 0.1) is 0 Å². The number of amidine groups is 1. The van der Waals surface area contributed by atoms with Gasteiger partial charge < -0.3 is 5.32 Å². The van der Waals surface area contributed by atoms with Crippen LogP contribution < -0.4 is 5.32 Å². The third-order valence-corrected chi connectivity index (χ3v) is 3.30. The fraction of sp³-hybridized carbons (Fsp3) is 0. The van der Waals surface area contributed by atoms with E-state index in [4.69, 9.17) is 0 Å². The number of aliphatic imine (C=N–C) groups is 1. The Morgan fingerprint density at radius 1 is 1.15 bits per heavy atom. The summed E-state index contributed by atoms with van der Waals surface area (Å²) in [6.45, 7) is 0. The number of pyridine rings is 1. The summed E-state index contributed by atoms with van der Waals surface area (Å²) in [6, 6.07) is 11.3. The Balaban J connectivity index is 1.95. The molecule has 1 amide bonds. The van der Waals surface area contributed by atoms with Crippen molar-refractivity contribution in [1.29, 1.82) is 0 Å². The van der Waals surface area contributed by atoms with Crippen LogP contribution in [0.4, 0.5) is 0 Å². The van der Waals surface area contributed by atoms with E-state index in [2.05, 4.69) is 31.2 Å². The SMILES string of the molecule is O=C1NC(c2ccncc2)=N/C1=C/c1cccc(Br)c1. The summed E-state index contributed by atoms with van der Waals surface area (Å²) in [4.78, 5) is 20.2. The zero-order valence-corrected chi connectivity index (χ0v) is 12.0. The van der Waals surface area contributed by atoms with Crippen LogP contribution in [0.3, 0.4) is 0 Å². The third-order valence-electron chi connectivity index (χ3n) is 2.80. The molecule has 3 rings (SSSR count). The molecule has 0 radical (unpaired) electrons. The highest BCUT2D eigenvalue weighted by Crippen LogP contribution is 2.17. The molecule has 0 saturated carbocycles. The van der Waals surface area contributed by atoms with E-state index in [1.165, 1.54) is 0 Å². The minimum absolute atomic E-state index is 0.197. The number of halogens is 1. The molecule has 2 aromatic rings. The number of carbonyl (C=O) groups is 1. The molecular formula is C15H10BrN3O. The third kappa shape index (κ3) is 2.67. The van der Waals surface area contributed by atoms with Gasteiger partial charge in [0.2, 0.25) is 0 Å². The summed E-state index contributed by atoms with van der Waals surface area (Å²) in [5.74, 6) is 0.357. The summed E-state index contributed by atoms with van der Waals surface area (Å²) >= 11 is 3.40. The number of nitrogens with one attached hydrogen (secondary N) is 1. The highest BCUT2D eigenvalue weighted by Gasteiger charge is 2.20. The number of carbonyl (C=O) groups excluding carboxylic acids is 1. The van der Waals surface area contributed by atoms with E-state index in [1.54, 1.807) is 30.6 Å². The van der Waals surface area contributed by atoms with E-state index in [-0.39, 0.29) is 5.91 Å². The molecule has 0 unspecified atom stereocenters. The number of amides is 1. The van der Waals surface area contributed by atoms with Crippen LogP contribution in [0.25, 0.3) is 6.08 Å². The fourth-order valence-electron chi connectivity index (χ4n) is 1.87. The van der Waals surface area contributed by atoms with Crippen molar-refractivity contribution in [3.8, 4) is 0 Å². The Kier molecular flexibility index (Phi) is 3.43. The van der Waals surface area contributed by atoms with Gasteiger partial charge in [-0.25, -0.2) is 4.99 Å². The summed E-state index contributed by atoms with van der Waals surface area (Å²) < 4.78 is 0.962. The second-order valence-electron chi connectivity index (χ2n) is 4.24. The van der Waals surface area contributed by atoms with Gasteiger partial charge in [0.25, 0.3) is 5.91 Å². The van der Waals surface area contributed by atoms with Gasteiger partial charge >= 0.3 is 0 Å². The number of hydrogen-bond acceptors (Lipinski definition) is 3. The zero-order chi connectivity index (χ0) is 13.9. The first-order valence-corrected chi connectivity index (χ1v) is 6.79. The Hall–Kier alpha value is -2.27. The summed E-state index contributed by atoms with van der Waals surface area (Å²) in [5.41, 5.74) is 2.16. The lowest BCUT2D eigenvalue weighted by Crippen LogP contribution is -2.24. The van der Waals surface area contributed by atoms with Gasteiger partial charge in [-0.1, -0.05) is 28.1 Å². The minimum atomic E-state index is -0.197. The first-order chi connectivity index (χ1) is 9.72. The maximum absolute atomic E-state index is 11.9. The van der Waals surface area contributed by atoms with E-state index in [1.807, 2.05) is 24.3 Å². The molecule has 1 aliphatic heterocycles. The first-order valence-electron chi connectivity index (χ1n) is 6.00. The van der Waals surface area contributed by atoms with Gasteiger partial charge in [-0.05, 0) is 35.9 Å². The maximum atomic E-state index is 11.9. The predicted octanol–water partition coefficient (Wildman–Crippen LogP) is 2.76. The zero-order valence-electron chi connectivity index (χ0n) is 10.4. The van der Waals surface area contributed by atoms with Gasteiger partial charge in [0.15, 0.2) is 0 Å². The molecule has 0 saturated heterocycles. The van der Waals surface area contributed by atoms with E-state index in [0.29, 0.717) is 11.5 Å². The van der Waals surface area contributed by atoms with Crippen LogP contribution in [0.2, 0.25) is 0 Å². The molecule has 1 aromatic carbocycles. The normalized spacial score (nSPS) is 16.1. The lowest BCUT2D eigenvalue weighted by Gasteiger charge is -1.97. The topological polar surface area (TPSA) is 54.4 Å². The lowest BCUT2D eigenvalue weighted by molar-refractivity contribution is -0.115. The van der Waals surface area contributed by atoms with Crippen molar-refractivity contribution >= 4 is 33.7 Å². The van der Waals surface area contributed by atoms with E-state index in [9.17, 15) is 4.79 Å². The first kappa shape index (κ1) is 12.7. The molecule has 0 spiro atoms. The average Bonchev–Trinajstić information content (AvgIpc) is 2.81. The van der Waals surface area contributed by atoms with Crippen LogP contribution in [-0.2, 0) is 4.79 Å². The Morgan fingerprint density at radius 3 is 2.70 bits per heavy atom. The maximum Gasteiger partial charge on any atom is 0.275 e. The monoisotopic (exact) mass is 327 g/mol. The summed E-state index contributed by atoms with van der Waals surface area (Å²) in [7, 11) is 0. The van der Waals surface area contributed by atoms with Crippen LogP contribution >= 0.6 is 15.9 Å². The van der Waals surface area contributed by atoms with Crippen molar-refractivity contribution in [1.82, 2.24) is 10.3 Å². The molecule has 1 aromatic heterocycles. The second kappa shape index (κ2) is 5.38. The second-order valence-corrected chi connectivity index (χ2v) is 5.15. The average molecular weight is 328 g/mol. The molecule has 2 heterocycles.